The van der Waals surface area contributed by atoms with Crippen LogP contribution in [0.5, 0.6) is 0 Å². The highest BCUT2D eigenvalue weighted by atomic mass is 32.1. The Morgan fingerprint density at radius 1 is 1.12 bits per heavy atom. The zero-order valence-corrected chi connectivity index (χ0v) is 19.4. The number of thiazole rings is 1. The highest BCUT2D eigenvalue weighted by Gasteiger charge is 2.30. The van der Waals surface area contributed by atoms with Gasteiger partial charge in [0.05, 0.1) is 0 Å². The first kappa shape index (κ1) is 22.6. The van der Waals surface area contributed by atoms with Gasteiger partial charge in [-0.3, -0.25) is 4.79 Å². The number of carbonyl (C=O) groups is 1. The molecule has 1 aliphatic carbocycles. The van der Waals surface area contributed by atoms with Crippen molar-refractivity contribution in [2.75, 3.05) is 20.6 Å². The molecular weight excluding hydrogens is 421 g/mol. The molecule has 6 heteroatoms. The molecule has 1 N–H and O–H groups in total. The monoisotopic (exact) mass is 451 g/mol. The molecule has 1 heterocycles. The quantitative estimate of drug-likeness (QED) is 0.495. The van der Waals surface area contributed by atoms with E-state index in [1.54, 1.807) is 12.1 Å². The van der Waals surface area contributed by atoms with Gasteiger partial charge in [0.1, 0.15) is 16.5 Å². The lowest BCUT2D eigenvalue weighted by atomic mass is 9.76. The molecule has 3 aromatic rings. The Hall–Kier alpha value is -2.57. The summed E-state index contributed by atoms with van der Waals surface area (Å²) in [5.41, 5.74) is 2.56. The lowest BCUT2D eigenvalue weighted by Crippen LogP contribution is -2.34. The first-order chi connectivity index (χ1) is 15.5. The molecule has 1 atom stereocenters. The Kier molecular flexibility index (Phi) is 7.33. The van der Waals surface area contributed by atoms with E-state index in [0.717, 1.165) is 41.8 Å². The second kappa shape index (κ2) is 10.4. The lowest BCUT2D eigenvalue weighted by Gasteiger charge is -2.37. The molecule has 1 aromatic heterocycles. The summed E-state index contributed by atoms with van der Waals surface area (Å²) in [6, 6.07) is 17.1. The van der Waals surface area contributed by atoms with Crippen LogP contribution in [0.4, 0.5) is 4.39 Å². The zero-order valence-electron chi connectivity index (χ0n) is 18.6. The molecule has 32 heavy (non-hydrogen) atoms. The van der Waals surface area contributed by atoms with E-state index < -0.39 is 0 Å². The van der Waals surface area contributed by atoms with E-state index >= 15 is 0 Å². The van der Waals surface area contributed by atoms with Crippen molar-refractivity contribution >= 4 is 17.2 Å². The van der Waals surface area contributed by atoms with E-state index in [0.29, 0.717) is 24.1 Å². The molecule has 0 saturated heterocycles. The van der Waals surface area contributed by atoms with E-state index in [2.05, 4.69) is 29.3 Å². The van der Waals surface area contributed by atoms with Crippen molar-refractivity contribution in [3.63, 3.8) is 0 Å². The summed E-state index contributed by atoms with van der Waals surface area (Å²) in [4.78, 5) is 19.3. The predicted octanol–water partition coefficient (Wildman–Crippen LogP) is 5.79. The fourth-order valence-electron chi connectivity index (χ4n) is 4.81. The van der Waals surface area contributed by atoms with Crippen molar-refractivity contribution < 1.29 is 9.18 Å². The zero-order chi connectivity index (χ0) is 22.5. The van der Waals surface area contributed by atoms with Crippen molar-refractivity contribution in [1.29, 1.82) is 0 Å². The summed E-state index contributed by atoms with van der Waals surface area (Å²) in [5.74, 6) is 0.683. The molecule has 0 radical (unpaired) electrons. The summed E-state index contributed by atoms with van der Waals surface area (Å²) >= 11 is 1.49. The molecule has 0 spiro atoms. The molecule has 0 bridgehead atoms. The van der Waals surface area contributed by atoms with Gasteiger partial charge in [-0.15, -0.1) is 11.3 Å². The maximum Gasteiger partial charge on any atom is 0.270 e. The van der Waals surface area contributed by atoms with Crippen molar-refractivity contribution in [3.8, 4) is 10.6 Å². The summed E-state index contributed by atoms with van der Waals surface area (Å²) in [6.45, 7) is 0.677. The van der Waals surface area contributed by atoms with Crippen LogP contribution in [-0.4, -0.2) is 36.4 Å². The number of rotatable bonds is 7. The number of halogens is 1. The Bertz CT molecular complexity index is 1030. The molecule has 168 valence electrons. The molecule has 1 saturated carbocycles. The smallest absolute Gasteiger partial charge is 0.270 e. The number of benzene rings is 2. The minimum absolute atomic E-state index is 0.100. The first-order valence-corrected chi connectivity index (χ1v) is 12.1. The van der Waals surface area contributed by atoms with Gasteiger partial charge in [-0.05, 0) is 69.3 Å². The number of hydrogen-bond donors (Lipinski definition) is 1. The average Bonchev–Trinajstić information content (AvgIpc) is 3.29. The van der Waals surface area contributed by atoms with Crippen molar-refractivity contribution in [2.24, 2.45) is 11.8 Å². The van der Waals surface area contributed by atoms with Crippen molar-refractivity contribution in [3.05, 3.63) is 77.1 Å². The van der Waals surface area contributed by atoms with Gasteiger partial charge >= 0.3 is 0 Å². The summed E-state index contributed by atoms with van der Waals surface area (Å²) in [6.07, 6.45) is 4.29. The minimum atomic E-state index is -0.178. The van der Waals surface area contributed by atoms with Gasteiger partial charge in [0.15, 0.2) is 0 Å². The second-order valence-corrected chi connectivity index (χ2v) is 9.72. The van der Waals surface area contributed by atoms with Crippen LogP contribution in [0, 0.1) is 17.7 Å². The predicted molar refractivity (Wildman–Crippen MR) is 128 cm³/mol. The average molecular weight is 452 g/mol. The normalized spacial score (nSPS) is 19.6. The molecular formula is C26H30FN3OS. The maximum absolute atomic E-state index is 13.8. The number of carbonyl (C=O) groups excluding carboxylic acids is 1. The van der Waals surface area contributed by atoms with Gasteiger partial charge in [0.25, 0.3) is 5.91 Å². The largest absolute Gasteiger partial charge is 0.350 e. The number of nitrogens with zero attached hydrogens (tertiary/aromatic N) is 2. The van der Waals surface area contributed by atoms with E-state index in [4.69, 9.17) is 0 Å². The molecule has 0 aliphatic heterocycles. The first-order valence-electron chi connectivity index (χ1n) is 11.2. The Morgan fingerprint density at radius 2 is 1.88 bits per heavy atom. The maximum atomic E-state index is 13.8. The summed E-state index contributed by atoms with van der Waals surface area (Å²) < 4.78 is 13.8. The fraction of sp³-hybridized carbons (Fsp3) is 0.385. The summed E-state index contributed by atoms with van der Waals surface area (Å²) in [7, 11) is 4.14. The van der Waals surface area contributed by atoms with E-state index in [-0.39, 0.29) is 17.8 Å². The molecule has 2 aromatic carbocycles. The molecule has 1 aliphatic rings. The lowest BCUT2D eigenvalue weighted by molar-refractivity contribution is 0.0930. The van der Waals surface area contributed by atoms with Gasteiger partial charge in [0.2, 0.25) is 0 Å². The van der Waals surface area contributed by atoms with Gasteiger partial charge in [-0.1, -0.05) is 42.5 Å². The second-order valence-electron chi connectivity index (χ2n) is 8.86. The molecule has 1 fully saturated rings. The van der Waals surface area contributed by atoms with Gasteiger partial charge in [0, 0.05) is 23.5 Å². The van der Waals surface area contributed by atoms with Gasteiger partial charge in [-0.25, -0.2) is 9.37 Å². The van der Waals surface area contributed by atoms with Crippen LogP contribution in [0.2, 0.25) is 0 Å². The van der Waals surface area contributed by atoms with E-state index in [1.807, 2.05) is 41.8 Å². The van der Waals surface area contributed by atoms with E-state index in [1.165, 1.54) is 17.4 Å². The Balaban J connectivity index is 1.29. The third-order valence-corrected chi connectivity index (χ3v) is 7.28. The molecule has 4 rings (SSSR count). The SMILES string of the molecule is CN(C)C(c1cccc(F)c1)C1CCC(CNC(=O)c2csc(-c3ccccc3)n2)CC1. The fourth-order valence-corrected chi connectivity index (χ4v) is 5.62. The van der Waals surface area contributed by atoms with Crippen LogP contribution >= 0.6 is 11.3 Å². The topological polar surface area (TPSA) is 45.2 Å². The van der Waals surface area contributed by atoms with Crippen LogP contribution in [0.25, 0.3) is 10.6 Å². The van der Waals surface area contributed by atoms with Crippen LogP contribution in [0.15, 0.2) is 60.0 Å². The number of hydrogen-bond acceptors (Lipinski definition) is 4. The van der Waals surface area contributed by atoms with Crippen molar-refractivity contribution in [2.45, 2.75) is 31.7 Å². The van der Waals surface area contributed by atoms with Crippen LogP contribution in [0.1, 0.15) is 47.8 Å². The molecule has 1 unspecified atom stereocenters. The van der Waals surface area contributed by atoms with Crippen LogP contribution < -0.4 is 5.32 Å². The Morgan fingerprint density at radius 3 is 2.56 bits per heavy atom. The molecule has 4 nitrogen and oxygen atoms in total. The Labute approximate surface area is 193 Å². The number of aromatic nitrogens is 1. The summed E-state index contributed by atoms with van der Waals surface area (Å²) in [5, 5.41) is 5.78. The molecule has 1 amide bonds. The standard InChI is InChI=1S/C26H30FN3OS/c1-30(2)24(21-9-6-10-22(27)15-21)19-13-11-18(12-14-19)16-28-25(31)23-17-32-26(29-23)20-7-4-3-5-8-20/h3-10,15,17-19,24H,11-14,16H2,1-2H3,(H,28,31). The van der Waals surface area contributed by atoms with Gasteiger partial charge in [-0.2, -0.15) is 0 Å². The third-order valence-electron chi connectivity index (χ3n) is 6.39. The number of nitrogens with one attached hydrogen (secondary N) is 1. The van der Waals surface area contributed by atoms with Crippen LogP contribution in [0.3, 0.4) is 0 Å². The number of amides is 1. The minimum Gasteiger partial charge on any atom is -0.350 e. The van der Waals surface area contributed by atoms with Crippen LogP contribution in [-0.2, 0) is 0 Å². The van der Waals surface area contributed by atoms with E-state index in [9.17, 15) is 9.18 Å². The third kappa shape index (κ3) is 5.43. The highest BCUT2D eigenvalue weighted by molar-refractivity contribution is 7.13. The van der Waals surface area contributed by atoms with Gasteiger partial charge < -0.3 is 10.2 Å². The highest BCUT2D eigenvalue weighted by Crippen LogP contribution is 2.39. The van der Waals surface area contributed by atoms with Crippen molar-refractivity contribution in [1.82, 2.24) is 15.2 Å².